The van der Waals surface area contributed by atoms with Crippen molar-refractivity contribution in [3.63, 3.8) is 0 Å². The standard InChI is InChI=1S/C10H22N2O4/c1-7(13)5-12(6-8(2)14)9(3)11-10(15)16-4/h7-9,13-14H,5-6H2,1-4H3,(H,11,15). The molecule has 0 saturated carbocycles. The van der Waals surface area contributed by atoms with Crippen LogP contribution >= 0.6 is 0 Å². The molecule has 0 aliphatic rings. The fourth-order valence-electron chi connectivity index (χ4n) is 1.39. The summed E-state index contributed by atoms with van der Waals surface area (Å²) in [6, 6.07) is 0. The van der Waals surface area contributed by atoms with Crippen molar-refractivity contribution in [3.05, 3.63) is 0 Å². The molecule has 0 aromatic rings. The first-order chi connectivity index (χ1) is 7.36. The van der Waals surface area contributed by atoms with Crippen LogP contribution in [0.1, 0.15) is 20.8 Å². The molecule has 0 aromatic heterocycles. The van der Waals surface area contributed by atoms with Gasteiger partial charge in [0.1, 0.15) is 0 Å². The van der Waals surface area contributed by atoms with Gasteiger partial charge in [-0.2, -0.15) is 0 Å². The zero-order valence-electron chi connectivity index (χ0n) is 10.3. The third kappa shape index (κ3) is 6.60. The van der Waals surface area contributed by atoms with E-state index in [1.807, 2.05) is 0 Å². The fraction of sp³-hybridized carbons (Fsp3) is 0.900. The molecule has 0 bridgehead atoms. The topological polar surface area (TPSA) is 82.0 Å². The van der Waals surface area contributed by atoms with Gasteiger partial charge < -0.3 is 20.3 Å². The highest BCUT2D eigenvalue weighted by atomic mass is 16.5. The van der Waals surface area contributed by atoms with E-state index in [0.717, 1.165) is 0 Å². The van der Waals surface area contributed by atoms with E-state index in [2.05, 4.69) is 10.1 Å². The second-order valence-electron chi connectivity index (χ2n) is 3.96. The lowest BCUT2D eigenvalue weighted by molar-refractivity contribution is 0.0503. The monoisotopic (exact) mass is 234 g/mol. The SMILES string of the molecule is COC(=O)NC(C)N(CC(C)O)CC(C)O. The van der Waals surface area contributed by atoms with Crippen LogP contribution in [0.4, 0.5) is 4.79 Å². The van der Waals surface area contributed by atoms with E-state index in [9.17, 15) is 15.0 Å². The molecule has 0 radical (unpaired) electrons. The van der Waals surface area contributed by atoms with E-state index in [-0.39, 0.29) is 6.17 Å². The minimum Gasteiger partial charge on any atom is -0.453 e. The summed E-state index contributed by atoms with van der Waals surface area (Å²) in [6.07, 6.45) is -1.90. The number of nitrogens with one attached hydrogen (secondary N) is 1. The summed E-state index contributed by atoms with van der Waals surface area (Å²) in [6.45, 7) is 5.81. The summed E-state index contributed by atoms with van der Waals surface area (Å²) in [7, 11) is 1.29. The molecule has 0 heterocycles. The number of nitrogens with zero attached hydrogens (tertiary/aromatic N) is 1. The molecule has 3 atom stereocenters. The van der Waals surface area contributed by atoms with Gasteiger partial charge in [0.15, 0.2) is 0 Å². The average molecular weight is 234 g/mol. The number of amides is 1. The Bertz CT molecular complexity index is 199. The molecule has 1 amide bonds. The van der Waals surface area contributed by atoms with Crippen molar-refractivity contribution >= 4 is 6.09 Å². The van der Waals surface area contributed by atoms with Gasteiger partial charge in [0.25, 0.3) is 0 Å². The van der Waals surface area contributed by atoms with E-state index in [1.165, 1.54) is 7.11 Å². The number of carbonyl (C=O) groups excluding carboxylic acids is 1. The summed E-state index contributed by atoms with van der Waals surface area (Å²) < 4.78 is 4.48. The van der Waals surface area contributed by atoms with Gasteiger partial charge in [0.05, 0.1) is 25.5 Å². The Labute approximate surface area is 96.2 Å². The van der Waals surface area contributed by atoms with Crippen molar-refractivity contribution in [2.45, 2.75) is 39.1 Å². The highest BCUT2D eigenvalue weighted by Gasteiger charge is 2.19. The van der Waals surface area contributed by atoms with Crippen LogP contribution < -0.4 is 5.32 Å². The number of alkyl carbamates (subject to hydrolysis) is 1. The maximum atomic E-state index is 11.0. The van der Waals surface area contributed by atoms with Gasteiger partial charge in [0.2, 0.25) is 0 Å². The van der Waals surface area contributed by atoms with Crippen LogP contribution in [0.25, 0.3) is 0 Å². The van der Waals surface area contributed by atoms with Gasteiger partial charge in [-0.25, -0.2) is 4.79 Å². The molecule has 0 spiro atoms. The van der Waals surface area contributed by atoms with Crippen LogP contribution in [0, 0.1) is 0 Å². The van der Waals surface area contributed by atoms with Crippen molar-refractivity contribution in [1.82, 2.24) is 10.2 Å². The molecule has 0 aliphatic heterocycles. The molecule has 0 fully saturated rings. The lowest BCUT2D eigenvalue weighted by Gasteiger charge is -2.31. The van der Waals surface area contributed by atoms with Gasteiger partial charge in [0, 0.05) is 13.1 Å². The van der Waals surface area contributed by atoms with E-state index >= 15 is 0 Å². The summed E-state index contributed by atoms with van der Waals surface area (Å²) in [5.74, 6) is 0. The maximum Gasteiger partial charge on any atom is 0.408 e. The van der Waals surface area contributed by atoms with Crippen molar-refractivity contribution in [3.8, 4) is 0 Å². The molecule has 0 saturated heterocycles. The first kappa shape index (κ1) is 15.2. The van der Waals surface area contributed by atoms with Crippen LogP contribution in [-0.4, -0.2) is 59.8 Å². The Morgan fingerprint density at radius 1 is 1.25 bits per heavy atom. The lowest BCUT2D eigenvalue weighted by Crippen LogP contribution is -2.50. The minimum absolute atomic E-state index is 0.309. The predicted molar refractivity (Wildman–Crippen MR) is 59.9 cm³/mol. The number of hydrogen-bond donors (Lipinski definition) is 3. The maximum absolute atomic E-state index is 11.0. The molecule has 3 unspecified atom stereocenters. The summed E-state index contributed by atoms with van der Waals surface area (Å²) >= 11 is 0. The van der Waals surface area contributed by atoms with Gasteiger partial charge in [-0.15, -0.1) is 0 Å². The molecule has 6 heteroatoms. The quantitative estimate of drug-likeness (QED) is 0.552. The van der Waals surface area contributed by atoms with Crippen LogP contribution in [-0.2, 0) is 4.74 Å². The van der Waals surface area contributed by atoms with Crippen molar-refractivity contribution in [1.29, 1.82) is 0 Å². The molecular weight excluding hydrogens is 212 g/mol. The summed E-state index contributed by atoms with van der Waals surface area (Å²) in [5, 5.41) is 21.2. The third-order valence-corrected chi connectivity index (χ3v) is 2.06. The van der Waals surface area contributed by atoms with E-state index in [0.29, 0.717) is 13.1 Å². The number of rotatable bonds is 6. The van der Waals surface area contributed by atoms with Crippen LogP contribution in [0.2, 0.25) is 0 Å². The Balaban J connectivity index is 4.30. The van der Waals surface area contributed by atoms with Crippen LogP contribution in [0.15, 0.2) is 0 Å². The van der Waals surface area contributed by atoms with Gasteiger partial charge >= 0.3 is 6.09 Å². The van der Waals surface area contributed by atoms with Gasteiger partial charge in [-0.05, 0) is 20.8 Å². The number of hydrogen-bond acceptors (Lipinski definition) is 5. The zero-order chi connectivity index (χ0) is 12.7. The van der Waals surface area contributed by atoms with Gasteiger partial charge in [-0.1, -0.05) is 0 Å². The number of carbonyl (C=O) groups is 1. The molecule has 96 valence electrons. The second-order valence-corrected chi connectivity index (χ2v) is 3.96. The summed E-state index contributed by atoms with van der Waals surface area (Å²) in [4.78, 5) is 12.8. The molecular formula is C10H22N2O4. The number of methoxy groups -OCH3 is 1. The zero-order valence-corrected chi connectivity index (χ0v) is 10.3. The Morgan fingerprint density at radius 3 is 2.00 bits per heavy atom. The van der Waals surface area contributed by atoms with Gasteiger partial charge in [-0.3, -0.25) is 4.90 Å². The molecule has 0 rings (SSSR count). The number of aliphatic hydroxyl groups is 2. The largest absolute Gasteiger partial charge is 0.453 e. The van der Waals surface area contributed by atoms with Crippen molar-refractivity contribution in [2.75, 3.05) is 20.2 Å². The summed E-state index contributed by atoms with van der Waals surface area (Å²) in [5.41, 5.74) is 0. The van der Waals surface area contributed by atoms with Crippen molar-refractivity contribution in [2.24, 2.45) is 0 Å². The number of ether oxygens (including phenoxy) is 1. The average Bonchev–Trinajstić information content (AvgIpc) is 2.15. The second kappa shape index (κ2) is 7.43. The predicted octanol–water partition coefficient (Wildman–Crippen LogP) is -0.248. The molecule has 6 nitrogen and oxygen atoms in total. The lowest BCUT2D eigenvalue weighted by atomic mass is 10.3. The smallest absolute Gasteiger partial charge is 0.408 e. The molecule has 16 heavy (non-hydrogen) atoms. The van der Waals surface area contributed by atoms with E-state index < -0.39 is 18.3 Å². The number of aliphatic hydroxyl groups excluding tert-OH is 2. The van der Waals surface area contributed by atoms with E-state index in [1.54, 1.807) is 25.7 Å². The Hall–Kier alpha value is -0.850. The Kier molecular flexibility index (Phi) is 7.03. The van der Waals surface area contributed by atoms with Crippen LogP contribution in [0.3, 0.4) is 0 Å². The first-order valence-corrected chi connectivity index (χ1v) is 5.31. The highest BCUT2D eigenvalue weighted by molar-refractivity contribution is 5.67. The minimum atomic E-state index is -0.534. The third-order valence-electron chi connectivity index (χ3n) is 2.06. The Morgan fingerprint density at radius 2 is 1.69 bits per heavy atom. The van der Waals surface area contributed by atoms with E-state index in [4.69, 9.17) is 0 Å². The molecule has 3 N–H and O–H groups in total. The molecule has 0 aliphatic carbocycles. The fourth-order valence-corrected chi connectivity index (χ4v) is 1.39. The molecule has 0 aromatic carbocycles. The van der Waals surface area contributed by atoms with Crippen LogP contribution in [0.5, 0.6) is 0 Å². The normalized spacial score (nSPS) is 16.7. The highest BCUT2D eigenvalue weighted by Crippen LogP contribution is 2.01. The first-order valence-electron chi connectivity index (χ1n) is 5.31. The van der Waals surface area contributed by atoms with Crippen molar-refractivity contribution < 1.29 is 19.7 Å².